The van der Waals surface area contributed by atoms with Crippen molar-refractivity contribution in [3.8, 4) is 22.6 Å². The molecule has 6 nitrogen and oxygen atoms in total. The summed E-state index contributed by atoms with van der Waals surface area (Å²) in [6, 6.07) is 16.7. The third kappa shape index (κ3) is 4.29. The molecule has 0 amide bonds. The van der Waals surface area contributed by atoms with Crippen LogP contribution in [0.4, 0.5) is 11.5 Å². The molecule has 1 saturated heterocycles. The first-order valence-corrected chi connectivity index (χ1v) is 11.3. The molecule has 0 atom stereocenters. The normalized spacial score (nSPS) is 16.4. The van der Waals surface area contributed by atoms with E-state index in [1.54, 1.807) is 7.11 Å². The summed E-state index contributed by atoms with van der Waals surface area (Å²) >= 11 is 0. The molecule has 166 valence electrons. The van der Waals surface area contributed by atoms with E-state index >= 15 is 0 Å². The van der Waals surface area contributed by atoms with E-state index in [1.165, 1.54) is 11.1 Å². The van der Waals surface area contributed by atoms with E-state index in [0.717, 1.165) is 73.3 Å². The summed E-state index contributed by atoms with van der Waals surface area (Å²) < 4.78 is 11.6. The van der Waals surface area contributed by atoms with Gasteiger partial charge in [0.1, 0.15) is 5.75 Å². The number of pyridine rings is 1. The summed E-state index contributed by atoms with van der Waals surface area (Å²) in [5, 5.41) is 3.46. The number of likely N-dealkylation sites (N-methyl/N-ethyl adjacent to an activating group) is 1. The van der Waals surface area contributed by atoms with Crippen molar-refractivity contribution >= 4 is 11.5 Å². The van der Waals surface area contributed by atoms with Gasteiger partial charge in [-0.25, -0.2) is 4.98 Å². The lowest BCUT2D eigenvalue weighted by Crippen LogP contribution is -2.43. The van der Waals surface area contributed by atoms with Gasteiger partial charge >= 0.3 is 0 Å². The number of fused-ring (bicyclic) bond motifs is 1. The summed E-state index contributed by atoms with van der Waals surface area (Å²) in [6.07, 6.45) is 2.79. The van der Waals surface area contributed by atoms with Crippen LogP contribution in [0, 0.1) is 0 Å². The topological polar surface area (TPSA) is 49.9 Å². The molecule has 2 aromatic carbocycles. The van der Waals surface area contributed by atoms with E-state index in [4.69, 9.17) is 14.5 Å². The standard InChI is InChI=1S/C26H30N4O2/c1-29-12-14-30(15-13-29)18-19-7-9-20(10-8-19)28-26-25-22(11-16-32-25)23(17-27-26)21-5-3-4-6-24(21)31-2/h3-10,17H,11-16,18H2,1-2H3,(H,27,28). The molecule has 3 aromatic rings. The van der Waals surface area contributed by atoms with Crippen LogP contribution >= 0.6 is 0 Å². The number of ether oxygens (including phenoxy) is 2. The minimum atomic E-state index is 0.668. The fraction of sp³-hybridized carbons (Fsp3) is 0.346. The third-order valence-corrected chi connectivity index (χ3v) is 6.35. The molecule has 0 bridgehead atoms. The number of hydrogen-bond acceptors (Lipinski definition) is 6. The molecule has 0 unspecified atom stereocenters. The molecule has 2 aliphatic heterocycles. The Bertz CT molecular complexity index is 1080. The van der Waals surface area contributed by atoms with Crippen molar-refractivity contribution in [2.75, 3.05) is 52.3 Å². The van der Waals surface area contributed by atoms with Crippen molar-refractivity contribution in [3.63, 3.8) is 0 Å². The first-order valence-electron chi connectivity index (χ1n) is 11.3. The highest BCUT2D eigenvalue weighted by Crippen LogP contribution is 2.42. The van der Waals surface area contributed by atoms with Gasteiger partial charge in [-0.2, -0.15) is 0 Å². The summed E-state index contributed by atoms with van der Waals surface area (Å²) in [6.45, 7) is 6.20. The fourth-order valence-electron chi connectivity index (χ4n) is 4.47. The molecule has 0 aliphatic carbocycles. The van der Waals surface area contributed by atoms with Gasteiger partial charge in [0, 0.05) is 67.7 Å². The van der Waals surface area contributed by atoms with Crippen LogP contribution in [0.15, 0.2) is 54.7 Å². The first kappa shape index (κ1) is 20.8. The predicted octanol–water partition coefficient (Wildman–Crippen LogP) is 4.18. The second-order valence-electron chi connectivity index (χ2n) is 8.53. The SMILES string of the molecule is COc1ccccc1-c1cnc(Nc2ccc(CN3CCN(C)CC3)cc2)c2c1CCO2. The zero-order chi connectivity index (χ0) is 21.9. The summed E-state index contributed by atoms with van der Waals surface area (Å²) in [5.41, 5.74) is 5.65. The Kier molecular flexibility index (Phi) is 5.97. The molecule has 0 saturated carbocycles. The second-order valence-corrected chi connectivity index (χ2v) is 8.53. The van der Waals surface area contributed by atoms with E-state index in [2.05, 4.69) is 52.5 Å². The lowest BCUT2D eigenvalue weighted by atomic mass is 9.99. The molecule has 0 spiro atoms. The molecular formula is C26H30N4O2. The number of para-hydroxylation sites is 1. The number of benzene rings is 2. The van der Waals surface area contributed by atoms with Gasteiger partial charge in [0.05, 0.1) is 13.7 Å². The van der Waals surface area contributed by atoms with E-state index in [9.17, 15) is 0 Å². The maximum absolute atomic E-state index is 5.99. The van der Waals surface area contributed by atoms with E-state index in [0.29, 0.717) is 6.61 Å². The average Bonchev–Trinajstić information content (AvgIpc) is 3.33. The third-order valence-electron chi connectivity index (χ3n) is 6.35. The molecule has 1 N–H and O–H groups in total. The number of hydrogen-bond donors (Lipinski definition) is 1. The van der Waals surface area contributed by atoms with Gasteiger partial charge in [0.25, 0.3) is 0 Å². The van der Waals surface area contributed by atoms with Crippen LogP contribution in [-0.2, 0) is 13.0 Å². The average molecular weight is 431 g/mol. The quantitative estimate of drug-likeness (QED) is 0.633. The number of nitrogens with zero attached hydrogens (tertiary/aromatic N) is 3. The van der Waals surface area contributed by atoms with Crippen molar-refractivity contribution in [2.45, 2.75) is 13.0 Å². The Labute approximate surface area is 189 Å². The predicted molar refractivity (Wildman–Crippen MR) is 128 cm³/mol. The zero-order valence-electron chi connectivity index (χ0n) is 18.8. The molecular weight excluding hydrogens is 400 g/mol. The van der Waals surface area contributed by atoms with Crippen molar-refractivity contribution < 1.29 is 9.47 Å². The van der Waals surface area contributed by atoms with E-state index < -0.39 is 0 Å². The lowest BCUT2D eigenvalue weighted by molar-refractivity contribution is 0.148. The molecule has 32 heavy (non-hydrogen) atoms. The summed E-state index contributed by atoms with van der Waals surface area (Å²) in [5.74, 6) is 2.46. The van der Waals surface area contributed by atoms with Crippen molar-refractivity contribution in [1.29, 1.82) is 0 Å². The highest BCUT2D eigenvalue weighted by Gasteiger charge is 2.24. The molecule has 5 rings (SSSR count). The van der Waals surface area contributed by atoms with Crippen LogP contribution in [0.3, 0.4) is 0 Å². The number of rotatable bonds is 6. The lowest BCUT2D eigenvalue weighted by Gasteiger charge is -2.32. The maximum Gasteiger partial charge on any atom is 0.173 e. The Morgan fingerprint density at radius 2 is 1.78 bits per heavy atom. The Hall–Kier alpha value is -3.09. The number of anilines is 2. The van der Waals surface area contributed by atoms with Gasteiger partial charge in [-0.1, -0.05) is 30.3 Å². The smallest absolute Gasteiger partial charge is 0.173 e. The molecule has 6 heteroatoms. The van der Waals surface area contributed by atoms with Crippen molar-refractivity contribution in [2.24, 2.45) is 0 Å². The number of methoxy groups -OCH3 is 1. The monoisotopic (exact) mass is 430 g/mol. The van der Waals surface area contributed by atoms with E-state index in [1.807, 2.05) is 24.4 Å². The van der Waals surface area contributed by atoms with Gasteiger partial charge < -0.3 is 19.7 Å². The van der Waals surface area contributed by atoms with Crippen molar-refractivity contribution in [3.05, 3.63) is 65.9 Å². The first-order chi connectivity index (χ1) is 15.7. The van der Waals surface area contributed by atoms with Crippen molar-refractivity contribution in [1.82, 2.24) is 14.8 Å². The minimum Gasteiger partial charge on any atom is -0.496 e. The van der Waals surface area contributed by atoms with Gasteiger partial charge in [0.15, 0.2) is 11.6 Å². The largest absolute Gasteiger partial charge is 0.496 e. The second kappa shape index (κ2) is 9.18. The highest BCUT2D eigenvalue weighted by atomic mass is 16.5. The number of aromatic nitrogens is 1. The fourth-order valence-corrected chi connectivity index (χ4v) is 4.47. The Morgan fingerprint density at radius 1 is 1.00 bits per heavy atom. The molecule has 1 fully saturated rings. The molecule has 2 aliphatic rings. The summed E-state index contributed by atoms with van der Waals surface area (Å²) in [7, 11) is 3.89. The van der Waals surface area contributed by atoms with Crippen LogP contribution in [0.25, 0.3) is 11.1 Å². The summed E-state index contributed by atoms with van der Waals surface area (Å²) in [4.78, 5) is 9.62. The number of piperazine rings is 1. The van der Waals surface area contributed by atoms with Gasteiger partial charge in [0.2, 0.25) is 0 Å². The van der Waals surface area contributed by atoms with Crippen LogP contribution in [0.1, 0.15) is 11.1 Å². The molecule has 3 heterocycles. The van der Waals surface area contributed by atoms with Crippen LogP contribution < -0.4 is 14.8 Å². The van der Waals surface area contributed by atoms with Gasteiger partial charge in [-0.05, 0) is 30.8 Å². The number of nitrogens with one attached hydrogen (secondary N) is 1. The Balaban J connectivity index is 1.33. The molecule has 1 aromatic heterocycles. The van der Waals surface area contributed by atoms with Crippen LogP contribution in [-0.4, -0.2) is 61.7 Å². The van der Waals surface area contributed by atoms with Gasteiger partial charge in [-0.3, -0.25) is 4.90 Å². The molecule has 0 radical (unpaired) electrons. The Morgan fingerprint density at radius 3 is 2.56 bits per heavy atom. The van der Waals surface area contributed by atoms with Crippen LogP contribution in [0.5, 0.6) is 11.5 Å². The zero-order valence-corrected chi connectivity index (χ0v) is 18.8. The minimum absolute atomic E-state index is 0.668. The van der Waals surface area contributed by atoms with Crippen LogP contribution in [0.2, 0.25) is 0 Å². The van der Waals surface area contributed by atoms with Gasteiger partial charge in [-0.15, -0.1) is 0 Å². The van der Waals surface area contributed by atoms with E-state index in [-0.39, 0.29) is 0 Å². The highest BCUT2D eigenvalue weighted by molar-refractivity contribution is 5.79. The maximum atomic E-state index is 5.99.